The molecule has 2 aromatic carbocycles. The second-order valence-electron chi connectivity index (χ2n) is 5.33. The molecule has 0 radical (unpaired) electrons. The smallest absolute Gasteiger partial charge is 0.252 e. The Balaban J connectivity index is 2.26. The third-order valence-corrected chi connectivity index (χ3v) is 3.72. The van der Waals surface area contributed by atoms with E-state index in [1.165, 1.54) is 11.1 Å². The first-order valence-electron chi connectivity index (χ1n) is 6.75. The average molecular weight is 263 g/mol. The fourth-order valence-electron chi connectivity index (χ4n) is 2.95. The van der Waals surface area contributed by atoms with Crippen molar-refractivity contribution in [3.05, 3.63) is 71.3 Å². The summed E-state index contributed by atoms with van der Waals surface area (Å²) < 4.78 is 0. The van der Waals surface area contributed by atoms with Gasteiger partial charge in [0.1, 0.15) is 0 Å². The number of carbonyl (C=O) groups is 1. The number of fused-ring (bicyclic) bond motifs is 1. The predicted octanol–water partition coefficient (Wildman–Crippen LogP) is 3.94. The SMILES string of the molecule is C=CC1NC(=O)c2cccc(-c3cc(C)cc(C)c3)c21. The van der Waals surface area contributed by atoms with Crippen LogP contribution in [0, 0.1) is 13.8 Å². The van der Waals surface area contributed by atoms with E-state index in [-0.39, 0.29) is 11.9 Å². The molecule has 0 aliphatic carbocycles. The van der Waals surface area contributed by atoms with E-state index in [4.69, 9.17) is 0 Å². The Kier molecular flexibility index (Phi) is 2.94. The number of aryl methyl sites for hydroxylation is 2. The Morgan fingerprint density at radius 2 is 1.75 bits per heavy atom. The van der Waals surface area contributed by atoms with Crippen molar-refractivity contribution in [3.8, 4) is 11.1 Å². The highest BCUT2D eigenvalue weighted by Crippen LogP contribution is 2.36. The van der Waals surface area contributed by atoms with Crippen LogP contribution in [0.15, 0.2) is 49.1 Å². The van der Waals surface area contributed by atoms with Gasteiger partial charge in [-0.1, -0.05) is 47.5 Å². The molecule has 1 N–H and O–H groups in total. The minimum Gasteiger partial charge on any atom is -0.342 e. The topological polar surface area (TPSA) is 29.1 Å². The lowest BCUT2D eigenvalue weighted by atomic mass is 9.91. The Morgan fingerprint density at radius 1 is 1.10 bits per heavy atom. The van der Waals surface area contributed by atoms with E-state index in [9.17, 15) is 4.79 Å². The standard InChI is InChI=1S/C18H17NO/c1-4-16-17-14(6-5-7-15(17)18(20)19-16)13-9-11(2)8-12(3)10-13/h4-10,16H,1H2,2-3H3,(H,19,20). The first-order chi connectivity index (χ1) is 9.60. The zero-order chi connectivity index (χ0) is 14.3. The molecule has 1 unspecified atom stereocenters. The van der Waals surface area contributed by atoms with Gasteiger partial charge < -0.3 is 5.32 Å². The number of carbonyl (C=O) groups excluding carboxylic acids is 1. The molecule has 3 rings (SSSR count). The summed E-state index contributed by atoms with van der Waals surface area (Å²) >= 11 is 0. The molecule has 1 aliphatic rings. The van der Waals surface area contributed by atoms with Crippen LogP contribution in [0.4, 0.5) is 0 Å². The number of amides is 1. The quantitative estimate of drug-likeness (QED) is 0.817. The normalized spacial score (nSPS) is 16.7. The van der Waals surface area contributed by atoms with Gasteiger partial charge in [0, 0.05) is 5.56 Å². The fraction of sp³-hybridized carbons (Fsp3) is 0.167. The van der Waals surface area contributed by atoms with Crippen molar-refractivity contribution in [2.24, 2.45) is 0 Å². The molecule has 2 heteroatoms. The summed E-state index contributed by atoms with van der Waals surface area (Å²) in [5.41, 5.74) is 6.51. The monoisotopic (exact) mass is 263 g/mol. The number of hydrogen-bond acceptors (Lipinski definition) is 1. The summed E-state index contributed by atoms with van der Waals surface area (Å²) in [5, 5.41) is 2.95. The molecule has 1 amide bonds. The average Bonchev–Trinajstić information content (AvgIpc) is 2.74. The maximum absolute atomic E-state index is 12.0. The summed E-state index contributed by atoms with van der Waals surface area (Å²) in [7, 11) is 0. The van der Waals surface area contributed by atoms with Gasteiger partial charge in [-0.15, -0.1) is 6.58 Å². The van der Waals surface area contributed by atoms with Crippen LogP contribution in [0.25, 0.3) is 11.1 Å². The van der Waals surface area contributed by atoms with Gasteiger partial charge in [-0.3, -0.25) is 4.79 Å². The van der Waals surface area contributed by atoms with Crippen molar-refractivity contribution in [1.82, 2.24) is 5.32 Å². The molecule has 1 atom stereocenters. The number of benzene rings is 2. The van der Waals surface area contributed by atoms with Crippen molar-refractivity contribution in [2.45, 2.75) is 19.9 Å². The lowest BCUT2D eigenvalue weighted by Crippen LogP contribution is -2.17. The van der Waals surface area contributed by atoms with E-state index in [2.05, 4.69) is 50.0 Å². The lowest BCUT2D eigenvalue weighted by molar-refractivity contribution is 0.0961. The van der Waals surface area contributed by atoms with Crippen molar-refractivity contribution in [2.75, 3.05) is 0 Å². The van der Waals surface area contributed by atoms with E-state index in [1.54, 1.807) is 6.08 Å². The first-order valence-corrected chi connectivity index (χ1v) is 6.75. The van der Waals surface area contributed by atoms with Crippen molar-refractivity contribution < 1.29 is 4.79 Å². The molecule has 1 aliphatic heterocycles. The molecule has 2 nitrogen and oxygen atoms in total. The van der Waals surface area contributed by atoms with Gasteiger partial charge in [0.15, 0.2) is 0 Å². The van der Waals surface area contributed by atoms with E-state index in [0.717, 1.165) is 22.3 Å². The minimum absolute atomic E-state index is 0.0175. The molecule has 0 saturated heterocycles. The zero-order valence-corrected chi connectivity index (χ0v) is 11.7. The van der Waals surface area contributed by atoms with Crippen LogP contribution < -0.4 is 5.32 Å². The lowest BCUT2D eigenvalue weighted by Gasteiger charge is -2.13. The van der Waals surface area contributed by atoms with Crippen LogP contribution >= 0.6 is 0 Å². The fourth-order valence-corrected chi connectivity index (χ4v) is 2.95. The number of hydrogen-bond donors (Lipinski definition) is 1. The van der Waals surface area contributed by atoms with Crippen molar-refractivity contribution >= 4 is 5.91 Å². The number of rotatable bonds is 2. The van der Waals surface area contributed by atoms with Gasteiger partial charge in [-0.25, -0.2) is 0 Å². The van der Waals surface area contributed by atoms with Gasteiger partial charge >= 0.3 is 0 Å². The Labute approximate surface area is 119 Å². The summed E-state index contributed by atoms with van der Waals surface area (Å²) in [4.78, 5) is 12.0. The van der Waals surface area contributed by atoms with Gasteiger partial charge in [-0.2, -0.15) is 0 Å². The largest absolute Gasteiger partial charge is 0.342 e. The Bertz CT molecular complexity index is 695. The molecule has 0 bridgehead atoms. The van der Waals surface area contributed by atoms with Crippen LogP contribution in [0.2, 0.25) is 0 Å². The molecule has 1 heterocycles. The first kappa shape index (κ1) is 12.7. The maximum Gasteiger partial charge on any atom is 0.252 e. The highest BCUT2D eigenvalue weighted by Gasteiger charge is 2.29. The molecule has 0 fully saturated rings. The van der Waals surface area contributed by atoms with Gasteiger partial charge in [0.2, 0.25) is 0 Å². The second-order valence-corrected chi connectivity index (χ2v) is 5.33. The molecule has 0 aromatic heterocycles. The Hall–Kier alpha value is -2.35. The van der Waals surface area contributed by atoms with Gasteiger partial charge in [0.25, 0.3) is 5.91 Å². The van der Waals surface area contributed by atoms with E-state index >= 15 is 0 Å². The highest BCUT2D eigenvalue weighted by molar-refractivity contribution is 6.01. The third-order valence-electron chi connectivity index (χ3n) is 3.72. The van der Waals surface area contributed by atoms with Crippen LogP contribution in [0.5, 0.6) is 0 Å². The van der Waals surface area contributed by atoms with Gasteiger partial charge in [0.05, 0.1) is 6.04 Å². The predicted molar refractivity (Wildman–Crippen MR) is 81.8 cm³/mol. The summed E-state index contributed by atoms with van der Waals surface area (Å²) in [6.45, 7) is 8.01. The molecular weight excluding hydrogens is 246 g/mol. The van der Waals surface area contributed by atoms with Crippen molar-refractivity contribution in [1.29, 1.82) is 0 Å². The second kappa shape index (κ2) is 4.64. The van der Waals surface area contributed by atoms with Crippen LogP contribution in [-0.2, 0) is 0 Å². The minimum atomic E-state index is -0.102. The summed E-state index contributed by atoms with van der Waals surface area (Å²) in [6.07, 6.45) is 1.79. The van der Waals surface area contributed by atoms with Crippen molar-refractivity contribution in [3.63, 3.8) is 0 Å². The molecular formula is C18H17NO. The summed E-state index contributed by atoms with van der Waals surface area (Å²) in [5.74, 6) is -0.0175. The van der Waals surface area contributed by atoms with Crippen LogP contribution in [0.1, 0.15) is 33.1 Å². The molecule has 100 valence electrons. The Morgan fingerprint density at radius 3 is 2.40 bits per heavy atom. The summed E-state index contributed by atoms with van der Waals surface area (Å²) in [6, 6.07) is 12.3. The molecule has 0 spiro atoms. The van der Waals surface area contributed by atoms with E-state index in [0.29, 0.717) is 0 Å². The third kappa shape index (κ3) is 1.94. The van der Waals surface area contributed by atoms with Crippen LogP contribution in [0.3, 0.4) is 0 Å². The number of nitrogens with one attached hydrogen (secondary N) is 1. The van der Waals surface area contributed by atoms with Crippen LogP contribution in [-0.4, -0.2) is 5.91 Å². The van der Waals surface area contributed by atoms with E-state index in [1.807, 2.05) is 12.1 Å². The molecule has 20 heavy (non-hydrogen) atoms. The zero-order valence-electron chi connectivity index (χ0n) is 11.7. The molecule has 2 aromatic rings. The maximum atomic E-state index is 12.0. The van der Waals surface area contributed by atoms with Gasteiger partial charge in [-0.05, 0) is 36.6 Å². The molecule has 0 saturated carbocycles. The highest BCUT2D eigenvalue weighted by atomic mass is 16.2. The van der Waals surface area contributed by atoms with E-state index < -0.39 is 0 Å².